The Balaban J connectivity index is 1.55. The first-order valence-electron chi connectivity index (χ1n) is 9.49. The molecule has 156 valence electrons. The number of para-hydroxylation sites is 1. The molecule has 0 unspecified atom stereocenters. The molecule has 0 spiro atoms. The van der Waals surface area contributed by atoms with Gasteiger partial charge in [0.05, 0.1) is 33.2 Å². The predicted molar refractivity (Wildman–Crippen MR) is 115 cm³/mol. The van der Waals surface area contributed by atoms with Crippen LogP contribution in [0.5, 0.6) is 17.2 Å². The van der Waals surface area contributed by atoms with Crippen molar-refractivity contribution in [3.05, 3.63) is 72.1 Å². The van der Waals surface area contributed by atoms with Crippen molar-refractivity contribution in [2.24, 2.45) is 0 Å². The molecule has 0 fully saturated rings. The number of aromatic nitrogens is 2. The fourth-order valence-corrected chi connectivity index (χ4v) is 2.97. The number of methoxy groups -OCH3 is 3. The van der Waals surface area contributed by atoms with Crippen LogP contribution in [0, 0.1) is 0 Å². The van der Waals surface area contributed by atoms with Crippen LogP contribution in [0.4, 0.5) is 0 Å². The van der Waals surface area contributed by atoms with Crippen LogP contribution >= 0.6 is 0 Å². The summed E-state index contributed by atoms with van der Waals surface area (Å²) in [6, 6.07) is 13.5. The molecule has 0 aliphatic heterocycles. The first kappa shape index (κ1) is 21.0. The lowest BCUT2D eigenvalue weighted by molar-refractivity contribution is -0.116. The second-order valence-corrected chi connectivity index (χ2v) is 6.46. The minimum atomic E-state index is -0.181. The Morgan fingerprint density at radius 1 is 1.07 bits per heavy atom. The molecule has 0 saturated carbocycles. The third-order valence-electron chi connectivity index (χ3n) is 4.48. The van der Waals surface area contributed by atoms with E-state index in [-0.39, 0.29) is 5.91 Å². The molecule has 0 aliphatic carbocycles. The summed E-state index contributed by atoms with van der Waals surface area (Å²) in [5, 5.41) is 7.24. The normalized spacial score (nSPS) is 10.8. The second-order valence-electron chi connectivity index (χ2n) is 6.46. The van der Waals surface area contributed by atoms with Gasteiger partial charge in [-0.2, -0.15) is 5.10 Å². The molecule has 1 amide bonds. The first-order valence-corrected chi connectivity index (χ1v) is 9.49. The number of ether oxygens (including phenoxy) is 3. The van der Waals surface area contributed by atoms with E-state index in [0.717, 1.165) is 16.8 Å². The van der Waals surface area contributed by atoms with E-state index in [2.05, 4.69) is 10.4 Å². The van der Waals surface area contributed by atoms with Crippen LogP contribution in [-0.2, 0) is 11.2 Å². The van der Waals surface area contributed by atoms with Gasteiger partial charge in [-0.05, 0) is 47.9 Å². The Morgan fingerprint density at radius 3 is 2.40 bits per heavy atom. The molecule has 2 aromatic carbocycles. The Bertz CT molecular complexity index is 987. The van der Waals surface area contributed by atoms with Crippen molar-refractivity contribution in [1.29, 1.82) is 0 Å². The molecule has 1 aromatic heterocycles. The number of benzene rings is 2. The Morgan fingerprint density at radius 2 is 1.77 bits per heavy atom. The van der Waals surface area contributed by atoms with Crippen molar-refractivity contribution in [1.82, 2.24) is 15.1 Å². The molecule has 3 rings (SSSR count). The summed E-state index contributed by atoms with van der Waals surface area (Å²) in [4.78, 5) is 12.2. The zero-order valence-electron chi connectivity index (χ0n) is 17.3. The number of nitrogens with one attached hydrogen (secondary N) is 1. The minimum Gasteiger partial charge on any atom is -0.493 e. The fourth-order valence-electron chi connectivity index (χ4n) is 2.97. The van der Waals surface area contributed by atoms with E-state index in [0.29, 0.717) is 30.2 Å². The summed E-state index contributed by atoms with van der Waals surface area (Å²) < 4.78 is 17.8. The zero-order valence-corrected chi connectivity index (χ0v) is 17.3. The average molecular weight is 407 g/mol. The van der Waals surface area contributed by atoms with Gasteiger partial charge in [0.2, 0.25) is 11.7 Å². The van der Waals surface area contributed by atoms with Gasteiger partial charge in [0, 0.05) is 18.8 Å². The van der Waals surface area contributed by atoms with E-state index < -0.39 is 0 Å². The van der Waals surface area contributed by atoms with Gasteiger partial charge >= 0.3 is 0 Å². The fraction of sp³-hybridized carbons (Fsp3) is 0.217. The zero-order chi connectivity index (χ0) is 21.3. The van der Waals surface area contributed by atoms with E-state index in [1.54, 1.807) is 39.5 Å². The van der Waals surface area contributed by atoms with Gasteiger partial charge in [-0.15, -0.1) is 0 Å². The lowest BCUT2D eigenvalue weighted by atomic mass is 10.1. The minimum absolute atomic E-state index is 0.181. The van der Waals surface area contributed by atoms with Crippen LogP contribution in [0.3, 0.4) is 0 Å². The summed E-state index contributed by atoms with van der Waals surface area (Å²) in [7, 11) is 4.65. The van der Waals surface area contributed by atoms with Crippen LogP contribution in [0.1, 0.15) is 11.1 Å². The van der Waals surface area contributed by atoms with Gasteiger partial charge in [0.15, 0.2) is 11.5 Å². The van der Waals surface area contributed by atoms with Gasteiger partial charge < -0.3 is 19.5 Å². The van der Waals surface area contributed by atoms with Gasteiger partial charge in [0.25, 0.3) is 0 Å². The monoisotopic (exact) mass is 407 g/mol. The number of rotatable bonds is 9. The molecule has 0 saturated heterocycles. The third-order valence-corrected chi connectivity index (χ3v) is 4.48. The van der Waals surface area contributed by atoms with Gasteiger partial charge in [0.1, 0.15) is 0 Å². The Kier molecular flexibility index (Phi) is 7.10. The lowest BCUT2D eigenvalue weighted by Crippen LogP contribution is -2.23. The molecular weight excluding hydrogens is 382 g/mol. The number of nitrogens with zero attached hydrogens (tertiary/aromatic N) is 2. The van der Waals surface area contributed by atoms with Gasteiger partial charge in [-0.25, -0.2) is 4.68 Å². The maximum absolute atomic E-state index is 12.2. The first-order chi connectivity index (χ1) is 14.6. The number of carbonyl (C=O) groups excluding carboxylic acids is 1. The maximum Gasteiger partial charge on any atom is 0.244 e. The molecule has 0 bridgehead atoms. The van der Waals surface area contributed by atoms with Crippen molar-refractivity contribution in [3.63, 3.8) is 0 Å². The highest BCUT2D eigenvalue weighted by molar-refractivity contribution is 5.91. The van der Waals surface area contributed by atoms with Crippen LogP contribution in [0.15, 0.2) is 60.9 Å². The SMILES string of the molecule is COc1cc(/C=C/C(=O)NCCc2cnn(-c3ccccc3)c2)cc(OC)c1OC. The number of hydrogen-bond acceptors (Lipinski definition) is 5. The molecule has 1 N–H and O–H groups in total. The van der Waals surface area contributed by atoms with Crippen molar-refractivity contribution < 1.29 is 19.0 Å². The molecule has 0 radical (unpaired) electrons. The smallest absolute Gasteiger partial charge is 0.244 e. The highest BCUT2D eigenvalue weighted by atomic mass is 16.5. The molecule has 0 aliphatic rings. The predicted octanol–water partition coefficient (Wildman–Crippen LogP) is 3.27. The second kappa shape index (κ2) is 10.2. The number of amides is 1. The van der Waals surface area contributed by atoms with Gasteiger partial charge in [-0.3, -0.25) is 4.79 Å². The van der Waals surface area contributed by atoms with Crippen LogP contribution in [0.2, 0.25) is 0 Å². The number of carbonyl (C=O) groups is 1. The molecule has 3 aromatic rings. The summed E-state index contributed by atoms with van der Waals surface area (Å²) >= 11 is 0. The topological polar surface area (TPSA) is 74.6 Å². The summed E-state index contributed by atoms with van der Waals surface area (Å²) in [6.07, 6.45) is 7.65. The third kappa shape index (κ3) is 5.20. The lowest BCUT2D eigenvalue weighted by Gasteiger charge is -2.12. The molecule has 7 heteroatoms. The van der Waals surface area contributed by atoms with E-state index in [1.165, 1.54) is 6.08 Å². The molecule has 1 heterocycles. The van der Waals surface area contributed by atoms with Crippen LogP contribution in [-0.4, -0.2) is 43.6 Å². The standard InChI is InChI=1S/C23H25N3O4/c1-28-20-13-17(14-21(29-2)23(20)30-3)9-10-22(27)24-12-11-18-15-25-26(16-18)19-7-5-4-6-8-19/h4-10,13-16H,11-12H2,1-3H3,(H,24,27)/b10-9+. The van der Waals surface area contributed by atoms with Crippen molar-refractivity contribution in [2.45, 2.75) is 6.42 Å². The molecule has 7 nitrogen and oxygen atoms in total. The number of hydrogen-bond donors (Lipinski definition) is 1. The summed E-state index contributed by atoms with van der Waals surface area (Å²) in [5.41, 5.74) is 2.82. The molecular formula is C23H25N3O4. The summed E-state index contributed by atoms with van der Waals surface area (Å²) in [6.45, 7) is 0.513. The highest BCUT2D eigenvalue weighted by Gasteiger charge is 2.12. The maximum atomic E-state index is 12.2. The van der Waals surface area contributed by atoms with E-state index in [9.17, 15) is 4.79 Å². The van der Waals surface area contributed by atoms with E-state index in [1.807, 2.05) is 47.4 Å². The summed E-state index contributed by atoms with van der Waals surface area (Å²) in [5.74, 6) is 1.40. The Labute approximate surface area is 175 Å². The quantitative estimate of drug-likeness (QED) is 0.551. The van der Waals surface area contributed by atoms with E-state index in [4.69, 9.17) is 14.2 Å². The van der Waals surface area contributed by atoms with E-state index >= 15 is 0 Å². The Hall–Kier alpha value is -3.74. The van der Waals surface area contributed by atoms with Crippen LogP contribution in [0.25, 0.3) is 11.8 Å². The average Bonchev–Trinajstić information content (AvgIpc) is 3.26. The van der Waals surface area contributed by atoms with Crippen molar-refractivity contribution in [2.75, 3.05) is 27.9 Å². The molecule has 30 heavy (non-hydrogen) atoms. The van der Waals surface area contributed by atoms with Crippen molar-refractivity contribution in [3.8, 4) is 22.9 Å². The van der Waals surface area contributed by atoms with Crippen LogP contribution < -0.4 is 19.5 Å². The largest absolute Gasteiger partial charge is 0.493 e. The molecule has 0 atom stereocenters. The van der Waals surface area contributed by atoms with Gasteiger partial charge in [-0.1, -0.05) is 18.2 Å². The van der Waals surface area contributed by atoms with Crippen molar-refractivity contribution >= 4 is 12.0 Å². The highest BCUT2D eigenvalue weighted by Crippen LogP contribution is 2.38.